The van der Waals surface area contributed by atoms with Crippen LogP contribution in [0.3, 0.4) is 0 Å². The Hall–Kier alpha value is -4.39. The van der Waals surface area contributed by atoms with Crippen molar-refractivity contribution in [3.05, 3.63) is 53.7 Å². The van der Waals surface area contributed by atoms with E-state index < -0.39 is 23.9 Å². The van der Waals surface area contributed by atoms with E-state index >= 15 is 0 Å². The summed E-state index contributed by atoms with van der Waals surface area (Å²) in [5.74, 6) is -1.79. The normalized spacial score (nSPS) is 12.4. The molecule has 35 heavy (non-hydrogen) atoms. The summed E-state index contributed by atoms with van der Waals surface area (Å²) in [5.41, 5.74) is 2.37. The Morgan fingerprint density at radius 3 is 2.51 bits per heavy atom. The number of nitrogens with zero attached hydrogens (tertiary/aromatic N) is 3. The average Bonchev–Trinajstić information content (AvgIpc) is 3.23. The van der Waals surface area contributed by atoms with E-state index in [4.69, 9.17) is 10.00 Å². The third-order valence-electron chi connectivity index (χ3n) is 5.65. The lowest BCUT2D eigenvalue weighted by Gasteiger charge is -2.20. The Labute approximate surface area is 202 Å². The molecular weight excluding hydrogens is 450 g/mol. The molecule has 0 saturated heterocycles. The molecule has 182 valence electrons. The number of rotatable bonds is 10. The van der Waals surface area contributed by atoms with Crippen LogP contribution in [0.15, 0.2) is 42.6 Å². The van der Waals surface area contributed by atoms with Gasteiger partial charge in [-0.25, -0.2) is 9.78 Å². The number of carboxylic acids is 1. The molecule has 2 aromatic heterocycles. The highest BCUT2D eigenvalue weighted by molar-refractivity contribution is 5.97. The number of benzene rings is 1. The van der Waals surface area contributed by atoms with Crippen LogP contribution in [0.2, 0.25) is 0 Å². The number of esters is 1. The summed E-state index contributed by atoms with van der Waals surface area (Å²) in [6, 6.07) is 11.0. The van der Waals surface area contributed by atoms with Gasteiger partial charge in [0.15, 0.2) is 0 Å². The first kappa shape index (κ1) is 25.2. The van der Waals surface area contributed by atoms with Gasteiger partial charge in [0.05, 0.1) is 18.2 Å². The number of nitrogens with one attached hydrogen (secondary N) is 2. The maximum absolute atomic E-state index is 12.8. The molecule has 3 N–H and O–H groups in total. The number of carboxylic acid groups (broad SMARTS) is 1. The minimum atomic E-state index is -1.09. The lowest BCUT2D eigenvalue weighted by molar-refractivity contribution is -0.141. The zero-order valence-electron chi connectivity index (χ0n) is 19.7. The van der Waals surface area contributed by atoms with E-state index in [1.807, 2.05) is 6.92 Å². The van der Waals surface area contributed by atoms with Gasteiger partial charge < -0.3 is 20.5 Å². The van der Waals surface area contributed by atoms with Gasteiger partial charge in [-0.1, -0.05) is 32.4 Å². The Morgan fingerprint density at radius 2 is 1.91 bits per heavy atom. The number of hydrogen-bond acceptors (Lipinski definition) is 7. The summed E-state index contributed by atoms with van der Waals surface area (Å²) in [6.45, 7) is 5.50. The summed E-state index contributed by atoms with van der Waals surface area (Å²) in [4.78, 5) is 41.0. The van der Waals surface area contributed by atoms with E-state index in [0.717, 1.165) is 0 Å². The van der Waals surface area contributed by atoms with Crippen molar-refractivity contribution >= 4 is 29.3 Å². The standard InChI is InChI=1S/C25H27N5O5/c1-4-15(3)21(25(33)34)29-24(32)18-10-11-30-19(12-18)28-22(17-8-6-16(13-26)7-9-17)23(30)27-14-20(31)35-5-2/h6-12,15,21,27H,4-5,14H2,1-3H3,(H,29,32)(H,33,34). The fourth-order valence-electron chi connectivity index (χ4n) is 3.53. The molecule has 0 aliphatic heterocycles. The van der Waals surface area contributed by atoms with Gasteiger partial charge in [-0.3, -0.25) is 14.0 Å². The van der Waals surface area contributed by atoms with E-state index in [9.17, 15) is 19.5 Å². The number of pyridine rings is 1. The fourth-order valence-corrected chi connectivity index (χ4v) is 3.53. The summed E-state index contributed by atoms with van der Waals surface area (Å²) >= 11 is 0. The van der Waals surface area contributed by atoms with Crippen molar-refractivity contribution in [2.45, 2.75) is 33.2 Å². The number of anilines is 1. The Bertz CT molecular complexity index is 1280. The monoisotopic (exact) mass is 477 g/mol. The second-order valence-electron chi connectivity index (χ2n) is 7.98. The highest BCUT2D eigenvalue weighted by Crippen LogP contribution is 2.29. The van der Waals surface area contributed by atoms with Crippen molar-refractivity contribution in [1.29, 1.82) is 5.26 Å². The van der Waals surface area contributed by atoms with Crippen LogP contribution in [0.25, 0.3) is 16.9 Å². The van der Waals surface area contributed by atoms with Crippen molar-refractivity contribution in [3.8, 4) is 17.3 Å². The SMILES string of the molecule is CCOC(=O)CNc1c(-c2ccc(C#N)cc2)nc2cc(C(=O)NC(C(=O)O)C(C)CC)ccn12. The van der Waals surface area contributed by atoms with Gasteiger partial charge in [-0.15, -0.1) is 0 Å². The molecule has 0 radical (unpaired) electrons. The highest BCUT2D eigenvalue weighted by atomic mass is 16.5. The van der Waals surface area contributed by atoms with Gasteiger partial charge >= 0.3 is 11.9 Å². The molecule has 1 aromatic carbocycles. The number of carbonyl (C=O) groups excluding carboxylic acids is 2. The van der Waals surface area contributed by atoms with Crippen molar-refractivity contribution in [1.82, 2.24) is 14.7 Å². The van der Waals surface area contributed by atoms with Crippen LogP contribution in [0.1, 0.15) is 43.1 Å². The lowest BCUT2D eigenvalue weighted by Crippen LogP contribution is -2.45. The summed E-state index contributed by atoms with van der Waals surface area (Å²) < 4.78 is 6.68. The predicted octanol–water partition coefficient (Wildman–Crippen LogP) is 3.08. The van der Waals surface area contributed by atoms with Crippen LogP contribution in [-0.4, -0.2) is 51.5 Å². The Morgan fingerprint density at radius 1 is 1.20 bits per heavy atom. The van der Waals surface area contributed by atoms with E-state index in [-0.39, 0.29) is 24.6 Å². The van der Waals surface area contributed by atoms with Gasteiger partial charge in [-0.2, -0.15) is 5.26 Å². The molecule has 10 heteroatoms. The van der Waals surface area contributed by atoms with Crippen molar-refractivity contribution < 1.29 is 24.2 Å². The van der Waals surface area contributed by atoms with Gasteiger partial charge in [0.2, 0.25) is 0 Å². The molecule has 0 saturated carbocycles. The van der Waals surface area contributed by atoms with E-state index in [1.54, 1.807) is 60.8 Å². The third kappa shape index (κ3) is 5.76. The third-order valence-corrected chi connectivity index (χ3v) is 5.65. The van der Waals surface area contributed by atoms with Crippen LogP contribution in [0.4, 0.5) is 5.82 Å². The second-order valence-corrected chi connectivity index (χ2v) is 7.98. The Kier molecular flexibility index (Phi) is 8.04. The number of aromatic nitrogens is 2. The molecule has 1 amide bonds. The smallest absolute Gasteiger partial charge is 0.326 e. The number of fused-ring (bicyclic) bond motifs is 1. The molecule has 3 rings (SSSR count). The molecule has 0 bridgehead atoms. The van der Waals surface area contributed by atoms with Gasteiger partial charge in [0.25, 0.3) is 5.91 Å². The second kappa shape index (κ2) is 11.2. The van der Waals surface area contributed by atoms with Gasteiger partial charge in [0.1, 0.15) is 29.7 Å². The molecule has 3 aromatic rings. The fraction of sp³-hybridized carbons (Fsp3) is 0.320. The Balaban J connectivity index is 2.00. The van der Waals surface area contributed by atoms with Crippen LogP contribution in [0, 0.1) is 17.2 Å². The number of ether oxygens (including phenoxy) is 1. The molecule has 2 unspecified atom stereocenters. The molecule has 10 nitrogen and oxygen atoms in total. The van der Waals surface area contributed by atoms with Crippen LogP contribution < -0.4 is 10.6 Å². The number of amides is 1. The number of imidazole rings is 1. The topological polar surface area (TPSA) is 146 Å². The van der Waals surface area contributed by atoms with Crippen molar-refractivity contribution in [3.63, 3.8) is 0 Å². The quantitative estimate of drug-likeness (QED) is 0.378. The summed E-state index contributed by atoms with van der Waals surface area (Å²) in [5, 5.41) is 24.2. The van der Waals surface area contributed by atoms with Gasteiger partial charge in [-0.05, 0) is 37.1 Å². The predicted molar refractivity (Wildman–Crippen MR) is 129 cm³/mol. The molecule has 0 spiro atoms. The first-order valence-electron chi connectivity index (χ1n) is 11.2. The largest absolute Gasteiger partial charge is 0.480 e. The number of hydrogen-bond donors (Lipinski definition) is 3. The van der Waals surface area contributed by atoms with E-state index in [1.165, 1.54) is 0 Å². The van der Waals surface area contributed by atoms with Crippen LogP contribution in [0.5, 0.6) is 0 Å². The van der Waals surface area contributed by atoms with Crippen molar-refractivity contribution in [2.24, 2.45) is 5.92 Å². The minimum Gasteiger partial charge on any atom is -0.480 e. The molecular formula is C25H27N5O5. The van der Waals surface area contributed by atoms with Crippen LogP contribution in [-0.2, 0) is 14.3 Å². The molecule has 2 atom stereocenters. The van der Waals surface area contributed by atoms with E-state index in [0.29, 0.717) is 34.7 Å². The highest BCUT2D eigenvalue weighted by Gasteiger charge is 2.26. The maximum Gasteiger partial charge on any atom is 0.326 e. The zero-order chi connectivity index (χ0) is 25.5. The van der Waals surface area contributed by atoms with Gasteiger partial charge in [0, 0.05) is 17.3 Å². The lowest BCUT2D eigenvalue weighted by atomic mass is 9.99. The summed E-state index contributed by atoms with van der Waals surface area (Å²) in [6.07, 6.45) is 2.22. The first-order valence-corrected chi connectivity index (χ1v) is 11.2. The molecule has 0 aliphatic rings. The van der Waals surface area contributed by atoms with Crippen LogP contribution >= 0.6 is 0 Å². The number of aliphatic carboxylic acids is 1. The van der Waals surface area contributed by atoms with E-state index in [2.05, 4.69) is 21.7 Å². The maximum atomic E-state index is 12.8. The molecule has 0 fully saturated rings. The van der Waals surface area contributed by atoms with Crippen molar-refractivity contribution in [2.75, 3.05) is 18.5 Å². The first-order chi connectivity index (χ1) is 16.8. The number of nitriles is 1. The minimum absolute atomic E-state index is 0.0949. The molecule has 2 heterocycles. The summed E-state index contributed by atoms with van der Waals surface area (Å²) in [7, 11) is 0. The average molecular weight is 478 g/mol. The number of carbonyl (C=O) groups is 3. The zero-order valence-corrected chi connectivity index (χ0v) is 19.7. The molecule has 0 aliphatic carbocycles.